The van der Waals surface area contributed by atoms with Gasteiger partial charge in [0.1, 0.15) is 4.83 Å². The van der Waals surface area contributed by atoms with E-state index >= 15 is 0 Å². The highest BCUT2D eigenvalue weighted by Gasteiger charge is 2.24. The number of carbonyl (C=O) groups excluding carboxylic acids is 1. The molecule has 0 saturated heterocycles. The van der Waals surface area contributed by atoms with Crippen LogP contribution in [0.25, 0.3) is 21.1 Å². The number of hydrogen-bond acceptors (Lipinski definition) is 2. The van der Waals surface area contributed by atoms with Crippen molar-refractivity contribution in [2.45, 2.75) is 39.8 Å². The summed E-state index contributed by atoms with van der Waals surface area (Å²) in [6.07, 6.45) is 1.88. The van der Waals surface area contributed by atoms with E-state index in [0.29, 0.717) is 5.88 Å². The van der Waals surface area contributed by atoms with E-state index in [2.05, 4.69) is 46.6 Å². The lowest BCUT2D eigenvalue weighted by Crippen LogP contribution is -2.11. The Bertz CT molecular complexity index is 1120. The fourth-order valence-corrected chi connectivity index (χ4v) is 5.00. The van der Waals surface area contributed by atoms with Crippen LogP contribution >= 0.6 is 22.9 Å². The van der Waals surface area contributed by atoms with Gasteiger partial charge in [-0.1, -0.05) is 25.1 Å². The van der Waals surface area contributed by atoms with Crippen LogP contribution in [0.3, 0.4) is 0 Å². The number of nitrogens with zero attached hydrogens (tertiary/aromatic N) is 2. The normalized spacial score (nSPS) is 11.7. The molecular formula is C22H23ClN2OS. The number of carbonyl (C=O) groups is 1. The van der Waals surface area contributed by atoms with E-state index in [1.807, 2.05) is 18.2 Å². The zero-order chi connectivity index (χ0) is 19.0. The highest BCUT2D eigenvalue weighted by atomic mass is 35.5. The van der Waals surface area contributed by atoms with Crippen LogP contribution < -0.4 is 0 Å². The van der Waals surface area contributed by atoms with Gasteiger partial charge in [-0.05, 0) is 43.3 Å². The molecule has 0 spiro atoms. The highest BCUT2D eigenvalue weighted by Crippen LogP contribution is 2.32. The minimum Gasteiger partial charge on any atom is -0.344 e. The molecule has 27 heavy (non-hydrogen) atoms. The zero-order valence-electron chi connectivity index (χ0n) is 15.7. The number of aryl methyl sites for hydroxylation is 2. The van der Waals surface area contributed by atoms with Crippen LogP contribution in [0.15, 0.2) is 41.8 Å². The average Bonchev–Trinajstić information content (AvgIpc) is 3.33. The Morgan fingerprint density at radius 3 is 2.74 bits per heavy atom. The summed E-state index contributed by atoms with van der Waals surface area (Å²) in [5.41, 5.74) is 3.75. The molecule has 0 atom stereocenters. The van der Waals surface area contributed by atoms with Crippen molar-refractivity contribution in [1.29, 1.82) is 0 Å². The summed E-state index contributed by atoms with van der Waals surface area (Å²) < 4.78 is 4.42. The van der Waals surface area contributed by atoms with Crippen LogP contribution in [0.4, 0.5) is 0 Å². The number of para-hydroxylation sites is 1. The molecule has 0 radical (unpaired) electrons. The fourth-order valence-electron chi connectivity index (χ4n) is 3.96. The SMILES string of the molecule is CCCn1c(C(=O)c2c(C)n(CCCCl)c3ccccc23)cc2ccsc21. The summed E-state index contributed by atoms with van der Waals surface area (Å²) in [6, 6.07) is 12.3. The molecule has 0 saturated carbocycles. The smallest absolute Gasteiger partial charge is 0.211 e. The van der Waals surface area contributed by atoms with Crippen molar-refractivity contribution in [3.05, 3.63) is 58.7 Å². The van der Waals surface area contributed by atoms with Gasteiger partial charge in [0.25, 0.3) is 0 Å². The Kier molecular flexibility index (Phi) is 5.11. The molecule has 0 fully saturated rings. The summed E-state index contributed by atoms with van der Waals surface area (Å²) in [7, 11) is 0. The van der Waals surface area contributed by atoms with Crippen molar-refractivity contribution in [3.8, 4) is 0 Å². The summed E-state index contributed by atoms with van der Waals surface area (Å²) in [6.45, 7) is 5.89. The van der Waals surface area contributed by atoms with Gasteiger partial charge in [-0.25, -0.2) is 0 Å². The first-order valence-corrected chi connectivity index (χ1v) is 10.8. The van der Waals surface area contributed by atoms with Gasteiger partial charge in [0.05, 0.1) is 11.3 Å². The second kappa shape index (κ2) is 7.53. The molecule has 0 N–H and O–H groups in total. The number of ketones is 1. The van der Waals surface area contributed by atoms with Crippen LogP contribution in [-0.2, 0) is 13.1 Å². The Morgan fingerprint density at radius 2 is 1.96 bits per heavy atom. The van der Waals surface area contributed by atoms with Crippen LogP contribution in [0.1, 0.15) is 41.5 Å². The van der Waals surface area contributed by atoms with Crippen LogP contribution in [-0.4, -0.2) is 20.8 Å². The van der Waals surface area contributed by atoms with Gasteiger partial charge in [0.15, 0.2) is 0 Å². The third kappa shape index (κ3) is 3.01. The van der Waals surface area contributed by atoms with Crippen molar-refractivity contribution in [1.82, 2.24) is 9.13 Å². The standard InChI is InChI=1S/C22H23ClN2OS/c1-3-11-25-19(14-16-9-13-27-22(16)25)21(26)20-15(2)24(12-6-10-23)18-8-5-4-7-17(18)20/h4-5,7-9,13-14H,3,6,10-12H2,1-2H3. The fraction of sp³-hybridized carbons (Fsp3) is 0.318. The quantitative estimate of drug-likeness (QED) is 0.267. The lowest BCUT2D eigenvalue weighted by molar-refractivity contribution is 0.103. The molecule has 3 heterocycles. The monoisotopic (exact) mass is 398 g/mol. The summed E-state index contributed by atoms with van der Waals surface area (Å²) in [5, 5.41) is 4.27. The molecule has 0 bridgehead atoms. The van der Waals surface area contributed by atoms with Gasteiger partial charge >= 0.3 is 0 Å². The molecule has 0 aliphatic heterocycles. The first-order chi connectivity index (χ1) is 13.2. The van der Waals surface area contributed by atoms with Crippen molar-refractivity contribution in [3.63, 3.8) is 0 Å². The van der Waals surface area contributed by atoms with E-state index in [9.17, 15) is 4.79 Å². The Balaban J connectivity index is 1.90. The Labute approximate surface area is 168 Å². The largest absolute Gasteiger partial charge is 0.344 e. The topological polar surface area (TPSA) is 26.9 Å². The Hall–Kier alpha value is -2.04. The second-order valence-electron chi connectivity index (χ2n) is 6.86. The zero-order valence-corrected chi connectivity index (χ0v) is 17.2. The number of aromatic nitrogens is 2. The van der Waals surface area contributed by atoms with Gasteiger partial charge in [0.2, 0.25) is 5.78 Å². The van der Waals surface area contributed by atoms with Gasteiger partial charge in [-0.3, -0.25) is 4.79 Å². The lowest BCUT2D eigenvalue weighted by Gasteiger charge is -2.09. The van der Waals surface area contributed by atoms with Crippen LogP contribution in [0.2, 0.25) is 0 Å². The molecule has 0 aliphatic rings. The van der Waals surface area contributed by atoms with Gasteiger partial charge < -0.3 is 9.13 Å². The molecule has 0 unspecified atom stereocenters. The molecule has 1 aromatic carbocycles. The lowest BCUT2D eigenvalue weighted by atomic mass is 10.0. The van der Waals surface area contributed by atoms with Gasteiger partial charge in [0, 0.05) is 41.0 Å². The first-order valence-electron chi connectivity index (χ1n) is 9.42. The highest BCUT2D eigenvalue weighted by molar-refractivity contribution is 7.16. The molecule has 3 aromatic heterocycles. The van der Waals surface area contributed by atoms with E-state index in [-0.39, 0.29) is 5.78 Å². The molecular weight excluding hydrogens is 376 g/mol. The van der Waals surface area contributed by atoms with Crippen molar-refractivity contribution in [2.75, 3.05) is 5.88 Å². The van der Waals surface area contributed by atoms with E-state index in [4.69, 9.17) is 11.6 Å². The minimum absolute atomic E-state index is 0.116. The Morgan fingerprint density at radius 1 is 1.15 bits per heavy atom. The molecule has 3 nitrogen and oxygen atoms in total. The maximum atomic E-state index is 13.7. The van der Waals surface area contributed by atoms with E-state index in [1.165, 1.54) is 4.83 Å². The molecule has 0 amide bonds. The number of hydrogen-bond donors (Lipinski definition) is 0. The van der Waals surface area contributed by atoms with E-state index in [0.717, 1.165) is 59.2 Å². The second-order valence-corrected chi connectivity index (χ2v) is 8.14. The first kappa shape index (κ1) is 18.3. The summed E-state index contributed by atoms with van der Waals surface area (Å²) in [5.74, 6) is 0.732. The molecule has 4 rings (SSSR count). The van der Waals surface area contributed by atoms with Crippen LogP contribution in [0.5, 0.6) is 0 Å². The summed E-state index contributed by atoms with van der Waals surface area (Å²) in [4.78, 5) is 14.9. The van der Waals surface area contributed by atoms with Gasteiger partial charge in [-0.2, -0.15) is 0 Å². The maximum Gasteiger partial charge on any atom is 0.211 e. The van der Waals surface area contributed by atoms with Crippen molar-refractivity contribution in [2.24, 2.45) is 0 Å². The number of thiophene rings is 1. The van der Waals surface area contributed by atoms with Crippen molar-refractivity contribution < 1.29 is 4.79 Å². The number of rotatable bonds is 7. The molecule has 0 aliphatic carbocycles. The molecule has 140 valence electrons. The van der Waals surface area contributed by atoms with Crippen molar-refractivity contribution >= 4 is 49.8 Å². The van der Waals surface area contributed by atoms with Crippen LogP contribution in [0, 0.1) is 6.92 Å². The minimum atomic E-state index is 0.116. The average molecular weight is 399 g/mol. The predicted octanol–water partition coefficient (Wildman–Crippen LogP) is 6.24. The van der Waals surface area contributed by atoms with E-state index < -0.39 is 0 Å². The summed E-state index contributed by atoms with van der Waals surface area (Å²) >= 11 is 7.63. The molecule has 5 heteroatoms. The number of halogens is 1. The third-order valence-electron chi connectivity index (χ3n) is 5.16. The predicted molar refractivity (Wildman–Crippen MR) is 116 cm³/mol. The van der Waals surface area contributed by atoms with Gasteiger partial charge in [-0.15, -0.1) is 22.9 Å². The third-order valence-corrected chi connectivity index (χ3v) is 6.37. The number of fused-ring (bicyclic) bond motifs is 2. The number of benzene rings is 1. The maximum absolute atomic E-state index is 13.7. The number of alkyl halides is 1. The van der Waals surface area contributed by atoms with E-state index in [1.54, 1.807) is 11.3 Å². The molecule has 4 aromatic rings.